The Balaban J connectivity index is 3.21. The normalized spacial score (nSPS) is 10.3. The molecule has 0 unspecified atom stereocenters. The summed E-state index contributed by atoms with van der Waals surface area (Å²) >= 11 is 0. The van der Waals surface area contributed by atoms with Gasteiger partial charge in [-0.25, -0.2) is 4.98 Å². The van der Waals surface area contributed by atoms with E-state index >= 15 is 0 Å². The second-order valence-corrected chi connectivity index (χ2v) is 2.18. The Hall–Kier alpha value is -1.78. The van der Waals surface area contributed by atoms with Gasteiger partial charge in [-0.3, -0.25) is 0 Å². The van der Waals surface area contributed by atoms with Crippen LogP contribution in [0.15, 0.2) is 17.4 Å². The Morgan fingerprint density at radius 3 is 2.77 bits per heavy atom. The Labute approximate surface area is 75.6 Å². The summed E-state index contributed by atoms with van der Waals surface area (Å²) < 4.78 is 9.96. The van der Waals surface area contributed by atoms with E-state index in [4.69, 9.17) is 14.7 Å². The van der Waals surface area contributed by atoms with Gasteiger partial charge in [-0.15, -0.1) is 0 Å². The van der Waals surface area contributed by atoms with Crippen molar-refractivity contribution in [3.05, 3.63) is 17.8 Å². The average Bonchev–Trinajstić information content (AvgIpc) is 2.18. The number of rotatable bonds is 3. The standard InChI is InChI=1S/C8H10N2O3/c1-12-7-3-4-9-8(13-2)6(7)5-10-11/h3-5,11H,1-2H3. The fraction of sp³-hybridized carbons (Fsp3) is 0.250. The second-order valence-electron chi connectivity index (χ2n) is 2.18. The highest BCUT2D eigenvalue weighted by molar-refractivity contribution is 5.85. The monoisotopic (exact) mass is 182 g/mol. The quantitative estimate of drug-likeness (QED) is 0.428. The Morgan fingerprint density at radius 2 is 2.23 bits per heavy atom. The van der Waals surface area contributed by atoms with Gasteiger partial charge in [0.2, 0.25) is 5.88 Å². The van der Waals surface area contributed by atoms with Crippen LogP contribution in [-0.2, 0) is 0 Å². The van der Waals surface area contributed by atoms with E-state index in [9.17, 15) is 0 Å². The molecule has 5 heteroatoms. The molecule has 5 nitrogen and oxygen atoms in total. The van der Waals surface area contributed by atoms with Crippen molar-refractivity contribution in [1.29, 1.82) is 0 Å². The molecule has 1 N–H and O–H groups in total. The molecule has 0 amide bonds. The molecule has 0 aliphatic heterocycles. The van der Waals surface area contributed by atoms with Gasteiger partial charge < -0.3 is 14.7 Å². The Kier molecular flexibility index (Phi) is 3.08. The van der Waals surface area contributed by atoms with Gasteiger partial charge in [0.15, 0.2) is 0 Å². The molecule has 0 atom stereocenters. The van der Waals surface area contributed by atoms with Crippen LogP contribution in [0.1, 0.15) is 5.56 Å². The van der Waals surface area contributed by atoms with Crippen molar-refractivity contribution in [2.24, 2.45) is 5.16 Å². The molecule has 0 spiro atoms. The van der Waals surface area contributed by atoms with Crippen molar-refractivity contribution >= 4 is 6.21 Å². The van der Waals surface area contributed by atoms with Crippen molar-refractivity contribution in [1.82, 2.24) is 4.98 Å². The number of pyridine rings is 1. The van der Waals surface area contributed by atoms with Gasteiger partial charge in [0, 0.05) is 6.20 Å². The summed E-state index contributed by atoms with van der Waals surface area (Å²) in [4.78, 5) is 3.92. The smallest absolute Gasteiger partial charge is 0.225 e. The van der Waals surface area contributed by atoms with E-state index in [1.165, 1.54) is 20.4 Å². The molecule has 0 radical (unpaired) electrons. The van der Waals surface area contributed by atoms with Crippen LogP contribution >= 0.6 is 0 Å². The van der Waals surface area contributed by atoms with Gasteiger partial charge in [0.1, 0.15) is 11.3 Å². The second kappa shape index (κ2) is 4.30. The lowest BCUT2D eigenvalue weighted by molar-refractivity contribution is 0.320. The van der Waals surface area contributed by atoms with Crippen LogP contribution in [0.2, 0.25) is 0 Å². The van der Waals surface area contributed by atoms with Crippen LogP contribution in [0.5, 0.6) is 11.6 Å². The molecule has 1 aromatic heterocycles. The number of oxime groups is 1. The summed E-state index contributed by atoms with van der Waals surface area (Å²) in [6.07, 6.45) is 2.76. The number of hydrogen-bond donors (Lipinski definition) is 1. The first-order valence-electron chi connectivity index (χ1n) is 3.58. The number of ether oxygens (including phenoxy) is 2. The first kappa shape index (κ1) is 9.31. The highest BCUT2D eigenvalue weighted by Gasteiger charge is 2.08. The molecule has 0 aromatic carbocycles. The molecule has 0 fully saturated rings. The highest BCUT2D eigenvalue weighted by atomic mass is 16.5. The topological polar surface area (TPSA) is 63.9 Å². The van der Waals surface area contributed by atoms with Crippen LogP contribution in [0, 0.1) is 0 Å². The largest absolute Gasteiger partial charge is 0.496 e. The molecule has 0 bridgehead atoms. The first-order valence-corrected chi connectivity index (χ1v) is 3.58. The van der Waals surface area contributed by atoms with E-state index in [-0.39, 0.29) is 0 Å². The predicted molar refractivity (Wildman–Crippen MR) is 46.7 cm³/mol. The summed E-state index contributed by atoms with van der Waals surface area (Å²) in [5.74, 6) is 0.904. The lowest BCUT2D eigenvalue weighted by Crippen LogP contribution is -1.97. The van der Waals surface area contributed by atoms with Gasteiger partial charge in [-0.1, -0.05) is 5.16 Å². The fourth-order valence-electron chi connectivity index (χ4n) is 0.955. The van der Waals surface area contributed by atoms with E-state index in [1.54, 1.807) is 12.3 Å². The lowest BCUT2D eigenvalue weighted by Gasteiger charge is -2.06. The summed E-state index contributed by atoms with van der Waals surface area (Å²) in [6, 6.07) is 1.65. The Bertz CT molecular complexity index is 290. The van der Waals surface area contributed by atoms with Crippen molar-refractivity contribution in [3.8, 4) is 11.6 Å². The van der Waals surface area contributed by atoms with Crippen LogP contribution in [0.25, 0.3) is 0 Å². The zero-order chi connectivity index (χ0) is 9.68. The number of methoxy groups -OCH3 is 2. The minimum atomic E-state index is 0.358. The van der Waals surface area contributed by atoms with E-state index < -0.39 is 0 Å². The van der Waals surface area contributed by atoms with Gasteiger partial charge in [-0.05, 0) is 6.07 Å². The van der Waals surface area contributed by atoms with E-state index in [0.29, 0.717) is 17.2 Å². The molecular weight excluding hydrogens is 172 g/mol. The van der Waals surface area contributed by atoms with Gasteiger partial charge in [-0.2, -0.15) is 0 Å². The van der Waals surface area contributed by atoms with E-state index in [2.05, 4.69) is 10.1 Å². The number of hydrogen-bond acceptors (Lipinski definition) is 5. The number of nitrogens with zero attached hydrogens (tertiary/aromatic N) is 2. The van der Waals surface area contributed by atoms with Crippen LogP contribution in [0.4, 0.5) is 0 Å². The number of aromatic nitrogens is 1. The van der Waals surface area contributed by atoms with Crippen molar-refractivity contribution in [3.63, 3.8) is 0 Å². The third-order valence-corrected chi connectivity index (χ3v) is 1.51. The molecule has 0 aliphatic carbocycles. The maximum absolute atomic E-state index is 8.39. The molecule has 70 valence electrons. The Morgan fingerprint density at radius 1 is 1.46 bits per heavy atom. The van der Waals surface area contributed by atoms with Crippen LogP contribution in [0.3, 0.4) is 0 Å². The molecule has 1 aromatic rings. The lowest BCUT2D eigenvalue weighted by atomic mass is 10.2. The van der Waals surface area contributed by atoms with Crippen LogP contribution < -0.4 is 9.47 Å². The average molecular weight is 182 g/mol. The zero-order valence-corrected chi connectivity index (χ0v) is 7.39. The minimum absolute atomic E-state index is 0.358. The third kappa shape index (κ3) is 1.87. The van der Waals surface area contributed by atoms with Crippen molar-refractivity contribution in [2.75, 3.05) is 14.2 Å². The third-order valence-electron chi connectivity index (χ3n) is 1.51. The molecular formula is C8H10N2O3. The fourth-order valence-corrected chi connectivity index (χ4v) is 0.955. The summed E-state index contributed by atoms with van der Waals surface area (Å²) in [5.41, 5.74) is 0.509. The summed E-state index contributed by atoms with van der Waals surface area (Å²) in [6.45, 7) is 0. The molecule has 1 heterocycles. The summed E-state index contributed by atoms with van der Waals surface area (Å²) in [5, 5.41) is 11.3. The van der Waals surface area contributed by atoms with Crippen LogP contribution in [-0.4, -0.2) is 30.6 Å². The highest BCUT2D eigenvalue weighted by Crippen LogP contribution is 2.23. The molecule has 1 rings (SSSR count). The van der Waals surface area contributed by atoms with Gasteiger partial charge in [0.05, 0.1) is 20.4 Å². The molecule has 0 aliphatic rings. The maximum atomic E-state index is 8.39. The zero-order valence-electron chi connectivity index (χ0n) is 7.39. The van der Waals surface area contributed by atoms with Gasteiger partial charge >= 0.3 is 0 Å². The molecule has 0 saturated carbocycles. The predicted octanol–water partition coefficient (Wildman–Crippen LogP) is 0.907. The SMILES string of the molecule is COc1ccnc(OC)c1C=NO. The first-order chi connectivity index (χ1) is 6.33. The molecule has 0 saturated heterocycles. The van der Waals surface area contributed by atoms with E-state index in [0.717, 1.165) is 0 Å². The minimum Gasteiger partial charge on any atom is -0.496 e. The van der Waals surface area contributed by atoms with E-state index in [1.807, 2.05) is 0 Å². The summed E-state index contributed by atoms with van der Waals surface area (Å²) in [7, 11) is 3.00. The van der Waals surface area contributed by atoms with Crippen molar-refractivity contribution in [2.45, 2.75) is 0 Å². The van der Waals surface area contributed by atoms with Gasteiger partial charge in [0.25, 0.3) is 0 Å². The molecule has 13 heavy (non-hydrogen) atoms. The maximum Gasteiger partial charge on any atom is 0.225 e. The van der Waals surface area contributed by atoms with Crippen molar-refractivity contribution < 1.29 is 14.7 Å².